The van der Waals surface area contributed by atoms with Crippen LogP contribution in [0.2, 0.25) is 5.15 Å². The van der Waals surface area contributed by atoms with Crippen molar-refractivity contribution in [3.63, 3.8) is 0 Å². The molecule has 0 spiro atoms. The molecule has 20 heavy (non-hydrogen) atoms. The zero-order valence-electron chi connectivity index (χ0n) is 10.4. The Hall–Kier alpha value is -1.84. The van der Waals surface area contributed by atoms with Crippen LogP contribution in [0.15, 0.2) is 32.3 Å². The zero-order valence-corrected chi connectivity index (χ0v) is 12.7. The van der Waals surface area contributed by atoms with Crippen molar-refractivity contribution in [1.82, 2.24) is 9.55 Å². The van der Waals surface area contributed by atoms with Gasteiger partial charge in [-0.15, -0.1) is 0 Å². The van der Waals surface area contributed by atoms with Gasteiger partial charge in [0.1, 0.15) is 11.2 Å². The highest BCUT2D eigenvalue weighted by Gasteiger charge is 2.15. The fraction of sp³-hybridized carbons (Fsp3) is 0.154. The van der Waals surface area contributed by atoms with Crippen molar-refractivity contribution in [2.45, 2.75) is 13.3 Å². The minimum Gasteiger partial charge on any atom is -0.297 e. The second kappa shape index (κ2) is 5.65. The van der Waals surface area contributed by atoms with Gasteiger partial charge in [-0.1, -0.05) is 34.5 Å². The van der Waals surface area contributed by atoms with E-state index in [0.717, 1.165) is 4.57 Å². The van der Waals surface area contributed by atoms with E-state index in [-0.39, 0.29) is 16.4 Å². The van der Waals surface area contributed by atoms with Gasteiger partial charge in [0.2, 0.25) is 0 Å². The van der Waals surface area contributed by atoms with Crippen molar-refractivity contribution in [1.29, 1.82) is 5.26 Å². The highest BCUT2D eigenvalue weighted by molar-refractivity contribution is 9.10. The SMILES string of the molecule is CCc1c(Cl)[nH]c(=O)n(-c2ccc(Br)cc2C#N)c1=O. The monoisotopic (exact) mass is 353 g/mol. The van der Waals surface area contributed by atoms with Crippen molar-refractivity contribution < 1.29 is 0 Å². The quantitative estimate of drug-likeness (QED) is 0.841. The summed E-state index contributed by atoms with van der Waals surface area (Å²) in [6.07, 6.45) is 0.382. The Balaban J connectivity index is 2.88. The Kier molecular flexibility index (Phi) is 4.12. The lowest BCUT2D eigenvalue weighted by Crippen LogP contribution is -2.36. The van der Waals surface area contributed by atoms with E-state index in [1.54, 1.807) is 19.1 Å². The number of hydrogen-bond acceptors (Lipinski definition) is 3. The van der Waals surface area contributed by atoms with Gasteiger partial charge in [0.25, 0.3) is 5.56 Å². The predicted molar refractivity (Wildman–Crippen MR) is 79.5 cm³/mol. The van der Waals surface area contributed by atoms with Crippen LogP contribution < -0.4 is 11.2 Å². The molecule has 0 amide bonds. The second-order valence-corrected chi connectivity index (χ2v) is 5.28. The maximum atomic E-state index is 12.3. The third-order valence-electron chi connectivity index (χ3n) is 2.82. The molecule has 0 atom stereocenters. The molecule has 7 heteroatoms. The number of nitrogens with zero attached hydrogens (tertiary/aromatic N) is 2. The molecule has 0 fully saturated rings. The minimum absolute atomic E-state index is 0.0365. The molecular weight excluding hydrogens is 346 g/mol. The Morgan fingerprint density at radius 2 is 2.15 bits per heavy atom. The molecule has 0 aliphatic rings. The van der Waals surface area contributed by atoms with Gasteiger partial charge in [-0.05, 0) is 24.6 Å². The van der Waals surface area contributed by atoms with E-state index < -0.39 is 11.2 Å². The van der Waals surface area contributed by atoms with Crippen LogP contribution in [0.1, 0.15) is 18.1 Å². The van der Waals surface area contributed by atoms with Crippen molar-refractivity contribution in [3.05, 3.63) is 59.8 Å². The minimum atomic E-state index is -0.670. The number of nitrogens with one attached hydrogen (secondary N) is 1. The molecule has 102 valence electrons. The average molecular weight is 355 g/mol. The Labute approximate surface area is 127 Å². The number of H-pyrrole nitrogens is 1. The lowest BCUT2D eigenvalue weighted by Gasteiger charge is -2.09. The van der Waals surface area contributed by atoms with Crippen molar-refractivity contribution in [2.24, 2.45) is 0 Å². The summed E-state index contributed by atoms with van der Waals surface area (Å²) < 4.78 is 1.61. The van der Waals surface area contributed by atoms with Crippen LogP contribution in [-0.4, -0.2) is 9.55 Å². The highest BCUT2D eigenvalue weighted by Crippen LogP contribution is 2.18. The van der Waals surface area contributed by atoms with E-state index in [1.807, 2.05) is 6.07 Å². The molecule has 0 saturated heterocycles. The summed E-state index contributed by atoms with van der Waals surface area (Å²) in [6, 6.07) is 6.70. The number of aromatic amines is 1. The number of hydrogen-bond donors (Lipinski definition) is 1. The first-order valence-corrected chi connectivity index (χ1v) is 6.90. The molecule has 2 aromatic rings. The topological polar surface area (TPSA) is 78.7 Å². The lowest BCUT2D eigenvalue weighted by molar-refractivity contribution is 0.840. The van der Waals surface area contributed by atoms with Crippen LogP contribution in [-0.2, 0) is 6.42 Å². The fourth-order valence-corrected chi connectivity index (χ4v) is 2.52. The first kappa shape index (κ1) is 14.6. The Morgan fingerprint density at radius 3 is 2.75 bits per heavy atom. The molecule has 1 heterocycles. The summed E-state index contributed by atoms with van der Waals surface area (Å²) in [6.45, 7) is 1.76. The normalized spacial score (nSPS) is 10.3. The highest BCUT2D eigenvalue weighted by atomic mass is 79.9. The standard InChI is InChI=1S/C13H9BrClN3O2/c1-2-9-11(15)17-13(20)18(12(9)19)10-4-3-8(14)5-7(10)6-16/h3-5H,2H2,1H3,(H,17,20). The molecule has 5 nitrogen and oxygen atoms in total. The number of rotatable bonds is 2. The van der Waals surface area contributed by atoms with E-state index in [2.05, 4.69) is 20.9 Å². The van der Waals surface area contributed by atoms with Gasteiger partial charge < -0.3 is 0 Å². The summed E-state index contributed by atoms with van der Waals surface area (Å²) >= 11 is 9.09. The molecule has 0 bridgehead atoms. The van der Waals surface area contributed by atoms with Crippen LogP contribution in [0.5, 0.6) is 0 Å². The molecule has 0 aliphatic carbocycles. The van der Waals surface area contributed by atoms with Crippen LogP contribution in [0.25, 0.3) is 5.69 Å². The molecule has 0 radical (unpaired) electrons. The molecular formula is C13H9BrClN3O2. The molecule has 1 aromatic carbocycles. The summed E-state index contributed by atoms with van der Waals surface area (Å²) in [5, 5.41) is 9.18. The maximum absolute atomic E-state index is 12.3. The van der Waals surface area contributed by atoms with Gasteiger partial charge in [0.05, 0.1) is 16.8 Å². The van der Waals surface area contributed by atoms with Crippen LogP contribution in [0, 0.1) is 11.3 Å². The van der Waals surface area contributed by atoms with E-state index in [1.165, 1.54) is 6.07 Å². The van der Waals surface area contributed by atoms with Crippen molar-refractivity contribution in [3.8, 4) is 11.8 Å². The summed E-state index contributed by atoms with van der Waals surface area (Å²) in [4.78, 5) is 26.7. The molecule has 0 saturated carbocycles. The fourth-order valence-electron chi connectivity index (χ4n) is 1.86. The molecule has 2 rings (SSSR count). The Bertz CT molecular complexity index is 833. The predicted octanol–water partition coefficient (Wildman–Crippen LogP) is 2.38. The summed E-state index contributed by atoms with van der Waals surface area (Å²) in [7, 11) is 0. The maximum Gasteiger partial charge on any atom is 0.334 e. The van der Waals surface area contributed by atoms with Crippen LogP contribution >= 0.6 is 27.5 Å². The molecule has 1 aromatic heterocycles. The molecule has 0 unspecified atom stereocenters. The van der Waals surface area contributed by atoms with Crippen molar-refractivity contribution in [2.75, 3.05) is 0 Å². The average Bonchev–Trinajstić information content (AvgIpc) is 2.40. The zero-order chi connectivity index (χ0) is 14.9. The molecule has 0 aliphatic heterocycles. The first-order chi connectivity index (χ1) is 9.49. The Morgan fingerprint density at radius 1 is 1.45 bits per heavy atom. The summed E-state index contributed by atoms with van der Waals surface area (Å²) in [5.74, 6) is 0. The molecule has 1 N–H and O–H groups in total. The van der Waals surface area contributed by atoms with Gasteiger partial charge in [-0.25, -0.2) is 9.36 Å². The third kappa shape index (κ3) is 2.42. The van der Waals surface area contributed by atoms with Gasteiger partial charge >= 0.3 is 5.69 Å². The van der Waals surface area contributed by atoms with E-state index >= 15 is 0 Å². The van der Waals surface area contributed by atoms with Gasteiger partial charge in [-0.2, -0.15) is 5.26 Å². The van der Waals surface area contributed by atoms with E-state index in [0.29, 0.717) is 16.5 Å². The van der Waals surface area contributed by atoms with E-state index in [4.69, 9.17) is 16.9 Å². The third-order valence-corrected chi connectivity index (χ3v) is 3.64. The van der Waals surface area contributed by atoms with Crippen molar-refractivity contribution >= 4 is 27.5 Å². The second-order valence-electron chi connectivity index (χ2n) is 3.99. The largest absolute Gasteiger partial charge is 0.334 e. The number of nitriles is 1. The lowest BCUT2D eigenvalue weighted by atomic mass is 10.2. The van der Waals surface area contributed by atoms with Gasteiger partial charge in [0.15, 0.2) is 0 Å². The number of benzene rings is 1. The van der Waals surface area contributed by atoms with Gasteiger partial charge in [0, 0.05) is 4.47 Å². The number of aromatic nitrogens is 2. The smallest absolute Gasteiger partial charge is 0.297 e. The van der Waals surface area contributed by atoms with Crippen LogP contribution in [0.4, 0.5) is 0 Å². The number of halogens is 2. The van der Waals surface area contributed by atoms with Gasteiger partial charge in [-0.3, -0.25) is 9.78 Å². The van der Waals surface area contributed by atoms with Crippen LogP contribution in [0.3, 0.4) is 0 Å². The summed E-state index contributed by atoms with van der Waals surface area (Å²) in [5.41, 5.74) is -0.432. The first-order valence-electron chi connectivity index (χ1n) is 5.73. The van der Waals surface area contributed by atoms with E-state index in [9.17, 15) is 9.59 Å².